The van der Waals surface area contributed by atoms with Crippen LogP contribution in [0.5, 0.6) is 0 Å². The topological polar surface area (TPSA) is 26.0 Å². The third kappa shape index (κ3) is 1.98. The van der Waals surface area contributed by atoms with Gasteiger partial charge in [-0.3, -0.25) is 0 Å². The summed E-state index contributed by atoms with van der Waals surface area (Å²) in [7, 11) is 0. The number of rotatable bonds is 1. The van der Waals surface area contributed by atoms with Crippen LogP contribution in [-0.4, -0.2) is 4.98 Å². The van der Waals surface area contributed by atoms with Gasteiger partial charge in [-0.25, -0.2) is 4.98 Å². The molecule has 3 aromatic rings. The molecule has 0 radical (unpaired) electrons. The Morgan fingerprint density at radius 2 is 1.88 bits per heavy atom. The maximum atomic E-state index is 5.72. The number of fused-ring (bicyclic) bond motifs is 1. The van der Waals surface area contributed by atoms with Gasteiger partial charge in [-0.15, -0.1) is 0 Å². The number of halogens is 1. The van der Waals surface area contributed by atoms with E-state index in [0.29, 0.717) is 5.71 Å². The number of pyridine rings is 1. The van der Waals surface area contributed by atoms with Gasteiger partial charge < -0.3 is 4.42 Å². The minimum Gasteiger partial charge on any atom is -0.438 e. The van der Waals surface area contributed by atoms with Crippen LogP contribution >= 0.6 is 15.9 Å². The Morgan fingerprint density at radius 3 is 2.65 bits per heavy atom. The molecule has 0 amide bonds. The molecule has 0 N–H and O–H groups in total. The zero-order valence-corrected chi connectivity index (χ0v) is 10.9. The normalized spacial score (nSPS) is 10.9. The van der Waals surface area contributed by atoms with E-state index in [9.17, 15) is 0 Å². The lowest BCUT2D eigenvalue weighted by atomic mass is 10.1. The Morgan fingerprint density at radius 1 is 1.12 bits per heavy atom. The molecule has 2 aromatic heterocycles. The van der Waals surface area contributed by atoms with Crippen molar-refractivity contribution in [3.05, 3.63) is 52.6 Å². The van der Waals surface area contributed by atoms with Crippen LogP contribution in [0.15, 0.2) is 51.5 Å². The molecule has 2 heterocycles. The summed E-state index contributed by atoms with van der Waals surface area (Å²) in [6, 6.07) is 12.3. The fourth-order valence-electron chi connectivity index (χ4n) is 1.77. The van der Waals surface area contributed by atoms with Crippen LogP contribution < -0.4 is 0 Å². The molecule has 3 rings (SSSR count). The van der Waals surface area contributed by atoms with Crippen LogP contribution in [0.1, 0.15) is 5.56 Å². The first kappa shape index (κ1) is 10.5. The summed E-state index contributed by atoms with van der Waals surface area (Å²) in [5.74, 6) is 0.852. The molecule has 0 atom stereocenters. The van der Waals surface area contributed by atoms with Gasteiger partial charge in [0.05, 0.1) is 0 Å². The van der Waals surface area contributed by atoms with Gasteiger partial charge in [0, 0.05) is 21.6 Å². The van der Waals surface area contributed by atoms with Crippen LogP contribution in [-0.2, 0) is 0 Å². The number of furan rings is 1. The highest BCUT2D eigenvalue weighted by atomic mass is 79.9. The molecule has 0 aliphatic rings. The molecule has 0 spiro atoms. The van der Waals surface area contributed by atoms with E-state index in [1.165, 1.54) is 5.56 Å². The number of hydrogen-bond acceptors (Lipinski definition) is 2. The lowest BCUT2D eigenvalue weighted by molar-refractivity contribution is 0.618. The van der Waals surface area contributed by atoms with Crippen molar-refractivity contribution in [2.45, 2.75) is 6.92 Å². The Kier molecular flexibility index (Phi) is 2.48. The van der Waals surface area contributed by atoms with Crippen LogP contribution in [0.2, 0.25) is 0 Å². The first-order chi connectivity index (χ1) is 8.22. The maximum absolute atomic E-state index is 5.72. The van der Waals surface area contributed by atoms with Crippen LogP contribution in [0, 0.1) is 6.92 Å². The molecule has 0 saturated carbocycles. The summed E-state index contributed by atoms with van der Waals surface area (Å²) in [5, 5.41) is 1.01. The van der Waals surface area contributed by atoms with Crippen molar-refractivity contribution in [3.8, 4) is 11.3 Å². The number of nitrogens with zero attached hydrogens (tertiary/aromatic N) is 1. The summed E-state index contributed by atoms with van der Waals surface area (Å²) < 4.78 is 6.68. The third-order valence-electron chi connectivity index (χ3n) is 2.67. The summed E-state index contributed by atoms with van der Waals surface area (Å²) in [6.45, 7) is 2.07. The summed E-state index contributed by atoms with van der Waals surface area (Å²) in [6.07, 6.45) is 1.74. The molecule has 0 aliphatic carbocycles. The van der Waals surface area contributed by atoms with Crippen molar-refractivity contribution in [2.24, 2.45) is 0 Å². The molecule has 0 unspecified atom stereocenters. The minimum absolute atomic E-state index is 0.670. The second-order valence-corrected chi connectivity index (χ2v) is 4.94. The Bertz CT molecular complexity index is 670. The van der Waals surface area contributed by atoms with Crippen LogP contribution in [0.3, 0.4) is 0 Å². The number of hydrogen-bond donors (Lipinski definition) is 0. The molecule has 0 aliphatic heterocycles. The average molecular weight is 288 g/mol. The maximum Gasteiger partial charge on any atom is 0.226 e. The minimum atomic E-state index is 0.670. The van der Waals surface area contributed by atoms with Gasteiger partial charge in [-0.1, -0.05) is 29.8 Å². The highest BCUT2D eigenvalue weighted by Gasteiger charge is 2.07. The van der Waals surface area contributed by atoms with Crippen molar-refractivity contribution in [1.82, 2.24) is 4.98 Å². The molecule has 84 valence electrons. The summed E-state index contributed by atoms with van der Waals surface area (Å²) in [4.78, 5) is 4.23. The lowest BCUT2D eigenvalue weighted by Crippen LogP contribution is -1.74. The first-order valence-corrected chi connectivity index (χ1v) is 6.14. The fraction of sp³-hybridized carbons (Fsp3) is 0.0714. The number of aryl methyl sites for hydroxylation is 1. The van der Waals surface area contributed by atoms with Crippen LogP contribution in [0.25, 0.3) is 22.4 Å². The van der Waals surface area contributed by atoms with E-state index in [2.05, 4.69) is 52.1 Å². The average Bonchev–Trinajstić information content (AvgIpc) is 2.72. The lowest BCUT2D eigenvalue weighted by Gasteiger charge is -1.96. The molecule has 1 aromatic carbocycles. The molecular weight excluding hydrogens is 278 g/mol. The van der Waals surface area contributed by atoms with E-state index in [4.69, 9.17) is 4.42 Å². The van der Waals surface area contributed by atoms with Crippen molar-refractivity contribution in [2.75, 3.05) is 0 Å². The molecule has 0 bridgehead atoms. The predicted octanol–water partition coefficient (Wildman–Crippen LogP) is 4.57. The molecule has 0 fully saturated rings. The SMILES string of the molecule is Cc1ccc(-c2cc3cc(Br)cnc3o2)cc1. The monoisotopic (exact) mass is 287 g/mol. The van der Waals surface area contributed by atoms with E-state index >= 15 is 0 Å². The molecular formula is C14H10BrNO. The number of benzene rings is 1. The largest absolute Gasteiger partial charge is 0.438 e. The van der Waals surface area contributed by atoms with Crippen molar-refractivity contribution < 1.29 is 4.42 Å². The van der Waals surface area contributed by atoms with Gasteiger partial charge in [-0.2, -0.15) is 0 Å². The summed E-state index contributed by atoms with van der Waals surface area (Å²) >= 11 is 3.40. The number of aromatic nitrogens is 1. The van der Waals surface area contributed by atoms with E-state index in [0.717, 1.165) is 21.2 Å². The zero-order chi connectivity index (χ0) is 11.8. The second-order valence-electron chi connectivity index (χ2n) is 4.02. The van der Waals surface area contributed by atoms with Crippen molar-refractivity contribution in [1.29, 1.82) is 0 Å². The zero-order valence-electron chi connectivity index (χ0n) is 9.27. The van der Waals surface area contributed by atoms with Crippen molar-refractivity contribution >= 4 is 27.0 Å². The molecule has 2 nitrogen and oxygen atoms in total. The third-order valence-corrected chi connectivity index (χ3v) is 3.11. The highest BCUT2D eigenvalue weighted by molar-refractivity contribution is 9.10. The van der Waals surface area contributed by atoms with Gasteiger partial charge in [0.1, 0.15) is 5.76 Å². The fourth-order valence-corrected chi connectivity index (χ4v) is 2.12. The van der Waals surface area contributed by atoms with E-state index in [1.54, 1.807) is 6.20 Å². The van der Waals surface area contributed by atoms with Gasteiger partial charge in [0.15, 0.2) is 0 Å². The molecule has 17 heavy (non-hydrogen) atoms. The molecule has 0 saturated heterocycles. The quantitative estimate of drug-likeness (QED) is 0.655. The van der Waals surface area contributed by atoms with Gasteiger partial charge in [0.25, 0.3) is 0 Å². The molecule has 3 heteroatoms. The standard InChI is InChI=1S/C14H10BrNO/c1-9-2-4-10(5-3-9)13-7-11-6-12(15)8-16-14(11)17-13/h2-8H,1H3. The van der Waals surface area contributed by atoms with Gasteiger partial charge in [0.2, 0.25) is 5.71 Å². The van der Waals surface area contributed by atoms with E-state index in [1.807, 2.05) is 12.1 Å². The first-order valence-electron chi connectivity index (χ1n) is 5.34. The smallest absolute Gasteiger partial charge is 0.226 e. The highest BCUT2D eigenvalue weighted by Crippen LogP contribution is 2.28. The van der Waals surface area contributed by atoms with E-state index in [-0.39, 0.29) is 0 Å². The Balaban J connectivity index is 2.14. The van der Waals surface area contributed by atoms with Crippen molar-refractivity contribution in [3.63, 3.8) is 0 Å². The summed E-state index contributed by atoms with van der Waals surface area (Å²) in [5.41, 5.74) is 2.99. The Labute approximate surface area is 107 Å². The second kappa shape index (κ2) is 4.00. The van der Waals surface area contributed by atoms with Crippen LogP contribution in [0.4, 0.5) is 0 Å². The Hall–Kier alpha value is -1.61. The van der Waals surface area contributed by atoms with Gasteiger partial charge in [-0.05, 0) is 35.0 Å². The predicted molar refractivity (Wildman–Crippen MR) is 71.9 cm³/mol. The van der Waals surface area contributed by atoms with E-state index < -0.39 is 0 Å². The van der Waals surface area contributed by atoms with Gasteiger partial charge >= 0.3 is 0 Å².